The number of hydrogen-bond donors (Lipinski definition) is 1. The molecule has 0 aliphatic rings. The lowest BCUT2D eigenvalue weighted by Crippen LogP contribution is -2.20. The van der Waals surface area contributed by atoms with Crippen LogP contribution >= 0.6 is 23.2 Å². The second-order valence-electron chi connectivity index (χ2n) is 4.69. The molecule has 1 N–H and O–H groups in total. The number of likely N-dealkylation sites (N-methyl/N-ethyl adjacent to an activating group) is 1. The van der Waals surface area contributed by atoms with E-state index in [1.165, 1.54) is 6.07 Å². The van der Waals surface area contributed by atoms with Crippen molar-refractivity contribution < 1.29 is 4.39 Å². The molecule has 0 spiro atoms. The Kier molecular flexibility index (Phi) is 4.68. The fraction of sp³-hybridized carbons (Fsp3) is 0.357. The van der Waals surface area contributed by atoms with Gasteiger partial charge in [-0.3, -0.25) is 4.68 Å². The van der Waals surface area contributed by atoms with Crippen molar-refractivity contribution in [3.8, 4) is 0 Å². The van der Waals surface area contributed by atoms with Crippen molar-refractivity contribution >= 4 is 23.2 Å². The maximum Gasteiger partial charge on any atom is 0.142 e. The molecule has 1 aromatic carbocycles. The van der Waals surface area contributed by atoms with Gasteiger partial charge in [-0.05, 0) is 31.7 Å². The SMILES string of the molecule is CNC(Cc1c(Cl)c(C)nn1C)c1ccc(Cl)c(F)c1. The van der Waals surface area contributed by atoms with E-state index in [0.29, 0.717) is 11.4 Å². The summed E-state index contributed by atoms with van der Waals surface area (Å²) in [6, 6.07) is 4.76. The number of aromatic nitrogens is 2. The molecule has 2 rings (SSSR count). The van der Waals surface area contributed by atoms with Crippen LogP contribution < -0.4 is 5.32 Å². The first kappa shape index (κ1) is 15.3. The number of halogens is 3. The number of aryl methyl sites for hydroxylation is 2. The third-order valence-electron chi connectivity index (χ3n) is 3.35. The third kappa shape index (κ3) is 2.97. The lowest BCUT2D eigenvalue weighted by Gasteiger charge is -2.17. The van der Waals surface area contributed by atoms with Crippen LogP contribution in [0.3, 0.4) is 0 Å². The molecule has 6 heteroatoms. The topological polar surface area (TPSA) is 29.9 Å². The van der Waals surface area contributed by atoms with Gasteiger partial charge < -0.3 is 5.32 Å². The van der Waals surface area contributed by atoms with Crippen molar-refractivity contribution in [2.45, 2.75) is 19.4 Å². The Balaban J connectivity index is 2.31. The van der Waals surface area contributed by atoms with Gasteiger partial charge in [0.1, 0.15) is 5.82 Å². The summed E-state index contributed by atoms with van der Waals surface area (Å²) in [5, 5.41) is 8.23. The van der Waals surface area contributed by atoms with E-state index < -0.39 is 5.82 Å². The summed E-state index contributed by atoms with van der Waals surface area (Å²) in [5.41, 5.74) is 2.53. The molecule has 0 aliphatic carbocycles. The summed E-state index contributed by atoms with van der Waals surface area (Å²) in [7, 11) is 3.68. The largest absolute Gasteiger partial charge is 0.313 e. The maximum absolute atomic E-state index is 13.6. The molecule has 3 nitrogen and oxygen atoms in total. The predicted molar refractivity (Wildman–Crippen MR) is 79.9 cm³/mol. The Morgan fingerprint density at radius 3 is 2.60 bits per heavy atom. The summed E-state index contributed by atoms with van der Waals surface area (Å²) in [6.45, 7) is 1.86. The minimum Gasteiger partial charge on any atom is -0.313 e. The average Bonchev–Trinajstić information content (AvgIpc) is 2.65. The van der Waals surface area contributed by atoms with Crippen molar-refractivity contribution in [1.29, 1.82) is 0 Å². The van der Waals surface area contributed by atoms with Gasteiger partial charge >= 0.3 is 0 Å². The number of rotatable bonds is 4. The first-order valence-corrected chi connectivity index (χ1v) is 6.99. The summed E-state index contributed by atoms with van der Waals surface area (Å²) in [5.74, 6) is -0.420. The number of nitrogens with one attached hydrogen (secondary N) is 1. The van der Waals surface area contributed by atoms with Gasteiger partial charge in [-0.15, -0.1) is 0 Å². The van der Waals surface area contributed by atoms with E-state index >= 15 is 0 Å². The Labute approximate surface area is 127 Å². The second kappa shape index (κ2) is 6.12. The van der Waals surface area contributed by atoms with Gasteiger partial charge in [0.15, 0.2) is 0 Å². The summed E-state index contributed by atoms with van der Waals surface area (Å²) in [6.07, 6.45) is 0.619. The van der Waals surface area contributed by atoms with Crippen LogP contribution in [0.15, 0.2) is 18.2 Å². The molecule has 20 heavy (non-hydrogen) atoms. The second-order valence-corrected chi connectivity index (χ2v) is 5.47. The molecule has 1 atom stereocenters. The molecule has 1 aromatic heterocycles. The predicted octanol–water partition coefficient (Wildman–Crippen LogP) is 3.68. The molecule has 2 aromatic rings. The highest BCUT2D eigenvalue weighted by Crippen LogP contribution is 2.27. The van der Waals surface area contributed by atoms with Crippen LogP contribution in [0.2, 0.25) is 10.0 Å². The molecule has 0 saturated heterocycles. The Morgan fingerprint density at radius 2 is 2.10 bits per heavy atom. The number of hydrogen-bond acceptors (Lipinski definition) is 2. The zero-order valence-corrected chi connectivity index (χ0v) is 13.1. The molecular weight excluding hydrogens is 300 g/mol. The van der Waals surface area contributed by atoms with Crippen LogP contribution in [0.4, 0.5) is 4.39 Å². The standard InChI is InChI=1S/C14H16Cl2FN3/c1-8-14(16)13(20(3)19-8)7-12(18-2)9-4-5-10(15)11(17)6-9/h4-6,12,18H,7H2,1-3H3. The van der Waals surface area contributed by atoms with Gasteiger partial charge in [0.2, 0.25) is 0 Å². The molecule has 1 unspecified atom stereocenters. The average molecular weight is 316 g/mol. The highest BCUT2D eigenvalue weighted by Gasteiger charge is 2.18. The minimum absolute atomic E-state index is 0.0610. The highest BCUT2D eigenvalue weighted by molar-refractivity contribution is 6.31. The van der Waals surface area contributed by atoms with Gasteiger partial charge in [0, 0.05) is 19.5 Å². The minimum atomic E-state index is -0.420. The first-order valence-electron chi connectivity index (χ1n) is 6.24. The molecule has 108 valence electrons. The lowest BCUT2D eigenvalue weighted by molar-refractivity contribution is 0.554. The maximum atomic E-state index is 13.6. The van der Waals surface area contributed by atoms with Crippen molar-refractivity contribution in [1.82, 2.24) is 15.1 Å². The fourth-order valence-corrected chi connectivity index (χ4v) is 2.57. The van der Waals surface area contributed by atoms with E-state index in [1.807, 2.05) is 27.1 Å². The summed E-state index contributed by atoms with van der Waals surface area (Å²) in [4.78, 5) is 0. The lowest BCUT2D eigenvalue weighted by atomic mass is 10.0. The Bertz CT molecular complexity index is 625. The smallest absolute Gasteiger partial charge is 0.142 e. The molecule has 0 amide bonds. The van der Waals surface area contributed by atoms with Crippen molar-refractivity contribution in [3.63, 3.8) is 0 Å². The zero-order valence-electron chi connectivity index (χ0n) is 11.5. The molecule has 1 heterocycles. The van der Waals surface area contributed by atoms with Gasteiger partial charge in [0.25, 0.3) is 0 Å². The molecular formula is C14H16Cl2FN3. The van der Waals surface area contributed by atoms with Crippen LogP contribution in [0.1, 0.15) is 23.0 Å². The van der Waals surface area contributed by atoms with Crippen LogP contribution in [0.25, 0.3) is 0 Å². The zero-order chi connectivity index (χ0) is 14.9. The van der Waals surface area contributed by atoms with E-state index in [-0.39, 0.29) is 11.1 Å². The van der Waals surface area contributed by atoms with Crippen LogP contribution in [0.5, 0.6) is 0 Å². The van der Waals surface area contributed by atoms with Gasteiger partial charge in [-0.1, -0.05) is 29.3 Å². The summed E-state index contributed by atoms with van der Waals surface area (Å²) < 4.78 is 15.3. The van der Waals surface area contributed by atoms with Crippen LogP contribution in [-0.4, -0.2) is 16.8 Å². The Morgan fingerprint density at radius 1 is 1.40 bits per heavy atom. The molecule has 0 radical (unpaired) electrons. The van der Waals surface area contributed by atoms with Gasteiger partial charge in [-0.25, -0.2) is 4.39 Å². The monoisotopic (exact) mass is 315 g/mol. The number of nitrogens with zero attached hydrogens (tertiary/aromatic N) is 2. The highest BCUT2D eigenvalue weighted by atomic mass is 35.5. The molecule has 0 fully saturated rings. The quantitative estimate of drug-likeness (QED) is 0.932. The van der Waals surface area contributed by atoms with Crippen LogP contribution in [-0.2, 0) is 13.5 Å². The van der Waals surface area contributed by atoms with Gasteiger partial charge in [0.05, 0.1) is 21.4 Å². The third-order valence-corrected chi connectivity index (χ3v) is 4.15. The first-order chi connectivity index (χ1) is 9.43. The van der Waals surface area contributed by atoms with E-state index in [0.717, 1.165) is 17.0 Å². The van der Waals surface area contributed by atoms with E-state index in [4.69, 9.17) is 23.2 Å². The molecule has 0 saturated carbocycles. The Hall–Kier alpha value is -1.10. The van der Waals surface area contributed by atoms with E-state index in [2.05, 4.69) is 10.4 Å². The van der Waals surface area contributed by atoms with Crippen molar-refractivity contribution in [2.75, 3.05) is 7.05 Å². The number of benzene rings is 1. The van der Waals surface area contributed by atoms with E-state index in [1.54, 1.807) is 10.7 Å². The van der Waals surface area contributed by atoms with Crippen LogP contribution in [0, 0.1) is 12.7 Å². The molecule has 0 aliphatic heterocycles. The van der Waals surface area contributed by atoms with Crippen molar-refractivity contribution in [2.24, 2.45) is 7.05 Å². The normalized spacial score (nSPS) is 12.7. The van der Waals surface area contributed by atoms with E-state index in [9.17, 15) is 4.39 Å². The molecule has 0 bridgehead atoms. The summed E-state index contributed by atoms with van der Waals surface area (Å²) >= 11 is 12.0. The van der Waals surface area contributed by atoms with Crippen molar-refractivity contribution in [3.05, 3.63) is 51.0 Å². The fourth-order valence-electron chi connectivity index (χ4n) is 2.21. The van der Waals surface area contributed by atoms with Gasteiger partial charge in [-0.2, -0.15) is 5.10 Å².